The Hall–Kier alpha value is -1.55. The molecule has 2 N–H and O–H groups in total. The highest BCUT2D eigenvalue weighted by Crippen LogP contribution is 2.28. The second-order valence-corrected chi connectivity index (χ2v) is 3.17. The quantitative estimate of drug-likeness (QED) is 0.803. The highest BCUT2D eigenvalue weighted by Gasteiger charge is 2.15. The van der Waals surface area contributed by atoms with Gasteiger partial charge < -0.3 is 10.1 Å². The SMILES string of the molecule is CC.O=C(O)c1c[nH]c2ccc(F)c(Cl)c12. The van der Waals surface area contributed by atoms with Crippen LogP contribution in [0.4, 0.5) is 4.39 Å². The van der Waals surface area contributed by atoms with Crippen LogP contribution in [0.3, 0.4) is 0 Å². The van der Waals surface area contributed by atoms with E-state index in [-0.39, 0.29) is 16.0 Å². The van der Waals surface area contributed by atoms with Gasteiger partial charge in [0.2, 0.25) is 0 Å². The molecule has 1 aromatic carbocycles. The Labute approximate surface area is 96.8 Å². The number of H-pyrrole nitrogens is 1. The molecule has 0 spiro atoms. The van der Waals surface area contributed by atoms with E-state index >= 15 is 0 Å². The van der Waals surface area contributed by atoms with Crippen molar-refractivity contribution in [3.05, 3.63) is 34.7 Å². The fraction of sp³-hybridized carbons (Fsp3) is 0.182. The first-order valence-corrected chi connectivity index (χ1v) is 5.17. The van der Waals surface area contributed by atoms with Gasteiger partial charge in [0.25, 0.3) is 0 Å². The van der Waals surface area contributed by atoms with Crippen molar-refractivity contribution in [2.24, 2.45) is 0 Å². The number of fused-ring (bicyclic) bond motifs is 1. The van der Waals surface area contributed by atoms with Crippen LogP contribution in [0.25, 0.3) is 10.9 Å². The lowest BCUT2D eigenvalue weighted by molar-refractivity contribution is 0.0699. The van der Waals surface area contributed by atoms with Crippen LogP contribution < -0.4 is 0 Å². The van der Waals surface area contributed by atoms with E-state index in [0.29, 0.717) is 5.52 Å². The van der Waals surface area contributed by atoms with Crippen molar-refractivity contribution in [1.29, 1.82) is 0 Å². The molecule has 1 aromatic heterocycles. The van der Waals surface area contributed by atoms with Crippen LogP contribution in [0.15, 0.2) is 18.3 Å². The van der Waals surface area contributed by atoms with E-state index in [2.05, 4.69) is 4.98 Å². The summed E-state index contributed by atoms with van der Waals surface area (Å²) in [6.07, 6.45) is 1.29. The monoisotopic (exact) mass is 243 g/mol. The van der Waals surface area contributed by atoms with E-state index in [1.807, 2.05) is 13.8 Å². The highest BCUT2D eigenvalue weighted by molar-refractivity contribution is 6.36. The summed E-state index contributed by atoms with van der Waals surface area (Å²) in [7, 11) is 0. The normalized spacial score (nSPS) is 9.75. The minimum Gasteiger partial charge on any atom is -0.478 e. The fourth-order valence-corrected chi connectivity index (χ4v) is 1.59. The molecule has 0 saturated carbocycles. The molecule has 2 rings (SSSR count). The number of carbonyl (C=O) groups is 1. The number of rotatable bonds is 1. The second kappa shape index (κ2) is 4.99. The zero-order valence-electron chi connectivity index (χ0n) is 8.84. The van der Waals surface area contributed by atoms with Gasteiger partial charge in [0.1, 0.15) is 5.82 Å². The summed E-state index contributed by atoms with van der Waals surface area (Å²) in [6, 6.07) is 2.63. The predicted octanol–water partition coefficient (Wildman–Crippen LogP) is 3.68. The molecule has 0 saturated heterocycles. The topological polar surface area (TPSA) is 53.1 Å². The standard InChI is InChI=1S/C9H5ClFNO2.C2H6/c10-8-5(11)1-2-6-7(8)4(3-12-6)9(13)14;1-2/h1-3,12H,(H,13,14);1-2H3. The van der Waals surface area contributed by atoms with E-state index in [1.54, 1.807) is 0 Å². The third-order valence-electron chi connectivity index (χ3n) is 1.97. The smallest absolute Gasteiger partial charge is 0.337 e. The molecule has 3 nitrogen and oxygen atoms in total. The van der Waals surface area contributed by atoms with Crippen molar-refractivity contribution in [3.63, 3.8) is 0 Å². The molecule has 0 fully saturated rings. The van der Waals surface area contributed by atoms with Crippen molar-refractivity contribution in [2.45, 2.75) is 13.8 Å². The molecule has 0 aliphatic rings. The predicted molar refractivity (Wildman–Crippen MR) is 61.6 cm³/mol. The van der Waals surface area contributed by atoms with E-state index < -0.39 is 11.8 Å². The summed E-state index contributed by atoms with van der Waals surface area (Å²) in [5.41, 5.74) is 0.485. The average molecular weight is 244 g/mol. The third kappa shape index (κ3) is 2.02. The van der Waals surface area contributed by atoms with Crippen molar-refractivity contribution >= 4 is 28.5 Å². The Morgan fingerprint density at radius 3 is 2.62 bits per heavy atom. The van der Waals surface area contributed by atoms with Gasteiger partial charge in [-0.1, -0.05) is 25.4 Å². The third-order valence-corrected chi connectivity index (χ3v) is 2.34. The first-order valence-electron chi connectivity index (χ1n) is 4.79. The minimum atomic E-state index is -1.14. The molecule has 16 heavy (non-hydrogen) atoms. The number of aromatic amines is 1. The summed E-state index contributed by atoms with van der Waals surface area (Å²) < 4.78 is 13.0. The summed E-state index contributed by atoms with van der Waals surface area (Å²) in [5.74, 6) is -1.76. The first-order chi connectivity index (χ1) is 7.61. The van der Waals surface area contributed by atoms with Crippen LogP contribution in [-0.2, 0) is 0 Å². The molecule has 0 unspecified atom stereocenters. The second-order valence-electron chi connectivity index (χ2n) is 2.79. The molecule has 1 heterocycles. The molecule has 5 heteroatoms. The minimum absolute atomic E-state index is 0.0236. The Morgan fingerprint density at radius 2 is 2.06 bits per heavy atom. The Balaban J connectivity index is 0.000000606. The number of nitrogens with one attached hydrogen (secondary N) is 1. The maximum Gasteiger partial charge on any atom is 0.337 e. The van der Waals surface area contributed by atoms with Crippen LogP contribution in [0.5, 0.6) is 0 Å². The van der Waals surface area contributed by atoms with E-state index in [9.17, 15) is 9.18 Å². The highest BCUT2D eigenvalue weighted by atomic mass is 35.5. The summed E-state index contributed by atoms with van der Waals surface area (Å²) in [4.78, 5) is 13.4. The average Bonchev–Trinajstić information content (AvgIpc) is 2.71. The number of hydrogen-bond donors (Lipinski definition) is 2. The van der Waals surface area contributed by atoms with Gasteiger partial charge in [0, 0.05) is 17.1 Å². The lowest BCUT2D eigenvalue weighted by Gasteiger charge is -1.97. The number of benzene rings is 1. The largest absolute Gasteiger partial charge is 0.478 e. The zero-order valence-corrected chi connectivity index (χ0v) is 9.60. The fourth-order valence-electron chi connectivity index (χ4n) is 1.33. The van der Waals surface area contributed by atoms with Gasteiger partial charge in [-0.3, -0.25) is 0 Å². The Morgan fingerprint density at radius 1 is 1.44 bits per heavy atom. The lowest BCUT2D eigenvalue weighted by Crippen LogP contribution is -1.94. The number of aromatic carboxylic acids is 1. The number of hydrogen-bond acceptors (Lipinski definition) is 1. The van der Waals surface area contributed by atoms with Gasteiger partial charge in [-0.2, -0.15) is 0 Å². The van der Waals surface area contributed by atoms with E-state index in [4.69, 9.17) is 16.7 Å². The summed E-state index contributed by atoms with van der Waals surface area (Å²) in [6.45, 7) is 4.00. The van der Waals surface area contributed by atoms with Crippen LogP contribution in [0, 0.1) is 5.82 Å². The number of aromatic nitrogens is 1. The molecule has 0 aliphatic carbocycles. The molecule has 0 bridgehead atoms. The van der Waals surface area contributed by atoms with Crippen LogP contribution >= 0.6 is 11.6 Å². The van der Waals surface area contributed by atoms with Crippen LogP contribution in [0.2, 0.25) is 5.02 Å². The first kappa shape index (κ1) is 12.5. The molecule has 2 aromatic rings. The molecular formula is C11H11ClFNO2. The number of carboxylic acid groups (broad SMARTS) is 1. The number of carboxylic acids is 1. The van der Waals surface area contributed by atoms with Crippen LogP contribution in [0.1, 0.15) is 24.2 Å². The lowest BCUT2D eigenvalue weighted by atomic mass is 10.2. The van der Waals surface area contributed by atoms with Crippen molar-refractivity contribution in [3.8, 4) is 0 Å². The molecule has 0 amide bonds. The molecular weight excluding hydrogens is 233 g/mol. The van der Waals surface area contributed by atoms with Gasteiger partial charge in [0.05, 0.1) is 10.6 Å². The van der Waals surface area contributed by atoms with E-state index in [1.165, 1.54) is 18.3 Å². The van der Waals surface area contributed by atoms with Crippen molar-refractivity contribution in [1.82, 2.24) is 4.98 Å². The van der Waals surface area contributed by atoms with Crippen LogP contribution in [-0.4, -0.2) is 16.1 Å². The Bertz CT molecular complexity index is 522. The maximum absolute atomic E-state index is 13.0. The maximum atomic E-state index is 13.0. The van der Waals surface area contributed by atoms with Gasteiger partial charge in [-0.15, -0.1) is 0 Å². The number of halogens is 2. The van der Waals surface area contributed by atoms with Gasteiger partial charge in [0.15, 0.2) is 0 Å². The summed E-state index contributed by atoms with van der Waals surface area (Å²) in [5, 5.41) is 8.83. The molecule has 86 valence electrons. The van der Waals surface area contributed by atoms with Crippen molar-refractivity contribution < 1.29 is 14.3 Å². The van der Waals surface area contributed by atoms with Crippen molar-refractivity contribution in [2.75, 3.05) is 0 Å². The Kier molecular flexibility index (Phi) is 3.90. The molecule has 0 aliphatic heterocycles. The van der Waals surface area contributed by atoms with Gasteiger partial charge in [-0.05, 0) is 12.1 Å². The molecule has 0 radical (unpaired) electrons. The molecule has 0 atom stereocenters. The van der Waals surface area contributed by atoms with Gasteiger partial charge in [-0.25, -0.2) is 9.18 Å². The van der Waals surface area contributed by atoms with E-state index in [0.717, 1.165) is 0 Å². The summed E-state index contributed by atoms with van der Waals surface area (Å²) >= 11 is 5.66. The van der Waals surface area contributed by atoms with Gasteiger partial charge >= 0.3 is 5.97 Å². The zero-order chi connectivity index (χ0) is 12.3.